The van der Waals surface area contributed by atoms with Gasteiger partial charge in [0.25, 0.3) is 11.8 Å². The molecule has 2 aromatic rings. The zero-order valence-corrected chi connectivity index (χ0v) is 18.3. The van der Waals surface area contributed by atoms with Crippen molar-refractivity contribution in [3.05, 3.63) is 70.8 Å². The molecule has 2 heterocycles. The third kappa shape index (κ3) is 3.82. The van der Waals surface area contributed by atoms with E-state index in [2.05, 4.69) is 5.32 Å². The molecule has 8 heteroatoms. The number of fused-ring (bicyclic) bond motifs is 2. The Morgan fingerprint density at radius 3 is 2.34 bits per heavy atom. The summed E-state index contributed by atoms with van der Waals surface area (Å²) in [5, 5.41) is 11.8. The van der Waals surface area contributed by atoms with Crippen LogP contribution in [0.2, 0.25) is 0 Å². The van der Waals surface area contributed by atoms with Gasteiger partial charge in [-0.25, -0.2) is 10.3 Å². The van der Waals surface area contributed by atoms with Crippen LogP contribution in [0.5, 0.6) is 0 Å². The van der Waals surface area contributed by atoms with E-state index in [1.165, 1.54) is 0 Å². The number of hydrogen-bond donors (Lipinski definition) is 3. The Morgan fingerprint density at radius 1 is 1.06 bits per heavy atom. The van der Waals surface area contributed by atoms with Crippen LogP contribution < -0.4 is 10.8 Å². The molecule has 4 rings (SSSR count). The fraction of sp³-hybridized carbons (Fsp3) is 0.375. The molecule has 168 valence electrons. The summed E-state index contributed by atoms with van der Waals surface area (Å²) < 4.78 is 0. The van der Waals surface area contributed by atoms with E-state index in [-0.39, 0.29) is 18.0 Å². The molecule has 2 aromatic carbocycles. The molecule has 1 spiro atoms. The third-order valence-corrected chi connectivity index (χ3v) is 6.37. The van der Waals surface area contributed by atoms with Crippen molar-refractivity contribution in [3.8, 4) is 0 Å². The minimum Gasteiger partial charge on any atom is -0.336 e. The van der Waals surface area contributed by atoms with Crippen LogP contribution in [0.4, 0.5) is 4.79 Å². The molecule has 0 aliphatic carbocycles. The molecule has 0 unspecified atom stereocenters. The number of urea groups is 1. The van der Waals surface area contributed by atoms with Crippen molar-refractivity contribution in [1.29, 1.82) is 0 Å². The number of hydrogen-bond acceptors (Lipinski definition) is 4. The smallest absolute Gasteiger partial charge is 0.317 e. The summed E-state index contributed by atoms with van der Waals surface area (Å²) in [4.78, 5) is 41.2. The van der Waals surface area contributed by atoms with Crippen LogP contribution in [-0.2, 0) is 12.1 Å². The van der Waals surface area contributed by atoms with Crippen molar-refractivity contribution in [2.45, 2.75) is 44.8 Å². The number of benzene rings is 2. The zero-order chi connectivity index (χ0) is 22.9. The molecule has 4 amide bonds. The van der Waals surface area contributed by atoms with E-state index in [1.54, 1.807) is 29.7 Å². The molecule has 8 nitrogen and oxygen atoms in total. The van der Waals surface area contributed by atoms with Gasteiger partial charge in [0.15, 0.2) is 0 Å². The highest BCUT2D eigenvalue weighted by Gasteiger charge is 2.51. The van der Waals surface area contributed by atoms with Crippen LogP contribution in [0.1, 0.15) is 58.5 Å². The van der Waals surface area contributed by atoms with Crippen molar-refractivity contribution >= 4 is 17.8 Å². The van der Waals surface area contributed by atoms with Gasteiger partial charge >= 0.3 is 6.03 Å². The zero-order valence-electron chi connectivity index (χ0n) is 18.3. The summed E-state index contributed by atoms with van der Waals surface area (Å²) >= 11 is 0. The molecule has 0 atom stereocenters. The first kappa shape index (κ1) is 21.8. The topological polar surface area (TPSA) is 102 Å². The van der Waals surface area contributed by atoms with Gasteiger partial charge in [-0.05, 0) is 56.0 Å². The monoisotopic (exact) mass is 436 g/mol. The molecule has 0 saturated carbocycles. The van der Waals surface area contributed by atoms with E-state index >= 15 is 0 Å². The lowest BCUT2D eigenvalue weighted by Gasteiger charge is -2.45. The Morgan fingerprint density at radius 2 is 1.72 bits per heavy atom. The second kappa shape index (κ2) is 8.63. The first-order chi connectivity index (χ1) is 15.4. The molecule has 2 aliphatic rings. The van der Waals surface area contributed by atoms with Crippen LogP contribution in [0.25, 0.3) is 0 Å². The number of nitrogens with zero attached hydrogens (tertiary/aromatic N) is 2. The van der Waals surface area contributed by atoms with E-state index < -0.39 is 11.4 Å². The van der Waals surface area contributed by atoms with Crippen LogP contribution >= 0.6 is 0 Å². The molecule has 1 fully saturated rings. The van der Waals surface area contributed by atoms with Crippen molar-refractivity contribution in [2.75, 3.05) is 13.1 Å². The Labute approximate surface area is 187 Å². The molecule has 3 N–H and O–H groups in total. The quantitative estimate of drug-likeness (QED) is 0.507. The van der Waals surface area contributed by atoms with Gasteiger partial charge in [-0.3, -0.25) is 14.8 Å². The fourth-order valence-corrected chi connectivity index (χ4v) is 4.75. The van der Waals surface area contributed by atoms with Crippen molar-refractivity contribution in [3.63, 3.8) is 0 Å². The molecule has 0 aromatic heterocycles. The maximum Gasteiger partial charge on any atom is 0.317 e. The first-order valence-corrected chi connectivity index (χ1v) is 10.9. The number of amides is 4. The summed E-state index contributed by atoms with van der Waals surface area (Å²) in [7, 11) is 0. The average molecular weight is 437 g/mol. The summed E-state index contributed by atoms with van der Waals surface area (Å²) in [6, 6.07) is 14.5. The van der Waals surface area contributed by atoms with Crippen molar-refractivity contribution in [1.82, 2.24) is 20.6 Å². The minimum absolute atomic E-state index is 0.0159. The van der Waals surface area contributed by atoms with Gasteiger partial charge in [0.1, 0.15) is 0 Å². The summed E-state index contributed by atoms with van der Waals surface area (Å²) in [6.07, 6.45) is 1.32. The molecule has 0 radical (unpaired) electrons. The molecule has 0 bridgehead atoms. The maximum atomic E-state index is 13.4. The van der Waals surface area contributed by atoms with E-state index in [0.717, 1.165) is 11.1 Å². The standard InChI is InChI=1S/C24H28N4O4/c1-16(2)25-23(31)27-13-11-24(12-14-27)20-6-4-3-5-19(20)22(30)28(24)15-17-7-9-18(10-8-17)21(29)26-32/h3-10,16,32H,11-15H2,1-2H3,(H,25,31)(H,26,29). The van der Waals surface area contributed by atoms with Gasteiger partial charge in [-0.2, -0.15) is 0 Å². The first-order valence-electron chi connectivity index (χ1n) is 10.9. The van der Waals surface area contributed by atoms with E-state index in [1.807, 2.05) is 47.9 Å². The average Bonchev–Trinajstić information content (AvgIpc) is 3.02. The van der Waals surface area contributed by atoms with Gasteiger partial charge in [-0.1, -0.05) is 30.3 Å². The number of rotatable bonds is 4. The molecule has 32 heavy (non-hydrogen) atoms. The predicted molar refractivity (Wildman–Crippen MR) is 118 cm³/mol. The van der Waals surface area contributed by atoms with E-state index in [9.17, 15) is 14.4 Å². The second-order valence-corrected chi connectivity index (χ2v) is 8.70. The van der Waals surface area contributed by atoms with Crippen molar-refractivity contribution in [2.24, 2.45) is 0 Å². The van der Waals surface area contributed by atoms with Crippen molar-refractivity contribution < 1.29 is 19.6 Å². The van der Waals surface area contributed by atoms with Gasteiger partial charge in [0.2, 0.25) is 0 Å². The number of carbonyl (C=O) groups excluding carboxylic acids is 3. The summed E-state index contributed by atoms with van der Waals surface area (Å²) in [6.45, 7) is 5.39. The number of carbonyl (C=O) groups is 3. The molecule has 1 saturated heterocycles. The number of nitrogens with one attached hydrogen (secondary N) is 2. The lowest BCUT2D eigenvalue weighted by molar-refractivity contribution is 0.0289. The molecular formula is C24H28N4O4. The highest BCUT2D eigenvalue weighted by molar-refractivity contribution is 6.00. The lowest BCUT2D eigenvalue weighted by Crippen LogP contribution is -2.54. The largest absolute Gasteiger partial charge is 0.336 e. The van der Waals surface area contributed by atoms with Gasteiger partial charge in [0.05, 0.1) is 5.54 Å². The number of piperidine rings is 1. The van der Waals surface area contributed by atoms with E-state index in [4.69, 9.17) is 5.21 Å². The summed E-state index contributed by atoms with van der Waals surface area (Å²) in [5.41, 5.74) is 4.11. The Balaban J connectivity index is 1.60. The van der Waals surface area contributed by atoms with Gasteiger partial charge in [0, 0.05) is 36.8 Å². The third-order valence-electron chi connectivity index (χ3n) is 6.37. The van der Waals surface area contributed by atoms with Crippen LogP contribution in [0.3, 0.4) is 0 Å². The normalized spacial score (nSPS) is 16.9. The number of likely N-dealkylation sites (tertiary alicyclic amines) is 1. The maximum absolute atomic E-state index is 13.4. The second-order valence-electron chi connectivity index (χ2n) is 8.70. The molecule has 2 aliphatic heterocycles. The Hall–Kier alpha value is -3.39. The van der Waals surface area contributed by atoms with Crippen LogP contribution in [0.15, 0.2) is 48.5 Å². The fourth-order valence-electron chi connectivity index (χ4n) is 4.75. The molecular weight excluding hydrogens is 408 g/mol. The lowest BCUT2D eigenvalue weighted by atomic mass is 9.80. The highest BCUT2D eigenvalue weighted by atomic mass is 16.5. The predicted octanol–water partition coefficient (Wildman–Crippen LogP) is 2.87. The summed E-state index contributed by atoms with van der Waals surface area (Å²) in [5.74, 6) is -0.595. The minimum atomic E-state index is -0.579. The van der Waals surface area contributed by atoms with Crippen LogP contribution in [-0.4, -0.2) is 52.0 Å². The highest BCUT2D eigenvalue weighted by Crippen LogP contribution is 2.47. The van der Waals surface area contributed by atoms with Gasteiger partial charge < -0.3 is 15.1 Å². The van der Waals surface area contributed by atoms with Crippen LogP contribution in [0, 0.1) is 0 Å². The number of hydroxylamine groups is 1. The van der Waals surface area contributed by atoms with Gasteiger partial charge in [-0.15, -0.1) is 0 Å². The SMILES string of the molecule is CC(C)NC(=O)N1CCC2(CC1)c1ccccc1C(=O)N2Cc1ccc(C(=O)NO)cc1. The Bertz CT molecular complexity index is 1030. The van der Waals surface area contributed by atoms with E-state index in [0.29, 0.717) is 43.6 Å². The Kier molecular flexibility index (Phi) is 5.88.